The van der Waals surface area contributed by atoms with Crippen molar-refractivity contribution < 1.29 is 16.8 Å². The van der Waals surface area contributed by atoms with Gasteiger partial charge in [-0.05, 0) is 0 Å². The summed E-state index contributed by atoms with van der Waals surface area (Å²) in [4.78, 5) is 8.00. The maximum absolute atomic E-state index is 8.00. The summed E-state index contributed by atoms with van der Waals surface area (Å²) in [6.07, 6.45) is 0. The maximum Gasteiger partial charge on any atom is 2.00 e. The third kappa shape index (κ3) is 1740. The van der Waals surface area contributed by atoms with E-state index in [0.717, 1.165) is 5.34 Å². The average molecular weight is 337 g/mol. The molecule has 0 aromatic heterocycles. The Balaban J connectivity index is -0.0000000249. The first-order valence-electron chi connectivity index (χ1n) is 3.63. The van der Waals surface area contributed by atoms with Crippen LogP contribution >= 0.6 is 24.4 Å². The average Bonchev–Trinajstić information content (AvgIpc) is 2.32. The topological polar surface area (TPSA) is 192 Å². The van der Waals surface area contributed by atoms with Crippen molar-refractivity contribution in [1.29, 1.82) is 0 Å². The SMILES string of the molecule is O=N[O-].[Co+2].[N-]=C=S.[N-]=C=S.[NH-]CC[NH-].[NH-]CC[NH-]. The van der Waals surface area contributed by atoms with E-state index in [0.29, 0.717) is 0 Å². The minimum atomic E-state index is 0. The quantitative estimate of drug-likeness (QED) is 0.320. The summed E-state index contributed by atoms with van der Waals surface area (Å²) in [5.41, 5.74) is 25.1. The molecule has 0 aliphatic carbocycles. The fourth-order valence-corrected chi connectivity index (χ4v) is 0. The summed E-state index contributed by atoms with van der Waals surface area (Å²) in [5.74, 6) is 0. The van der Waals surface area contributed by atoms with Gasteiger partial charge in [-0.3, -0.25) is 0 Å². The van der Waals surface area contributed by atoms with Crippen LogP contribution in [-0.4, -0.2) is 36.5 Å². The van der Waals surface area contributed by atoms with Gasteiger partial charge in [-0.2, -0.15) is 36.5 Å². The molecule has 0 saturated carbocycles. The Morgan fingerprint density at radius 3 is 1.00 bits per heavy atom. The first-order chi connectivity index (χ1) is 8.07. The number of nitrogens with one attached hydrogen (secondary N) is 4. The number of hydrogen-bond acceptors (Lipinski definition) is 5. The smallest absolute Gasteiger partial charge is 0.753 e. The van der Waals surface area contributed by atoms with Crippen molar-refractivity contribution in [2.45, 2.75) is 0 Å². The van der Waals surface area contributed by atoms with E-state index in [1.807, 2.05) is 0 Å². The van der Waals surface area contributed by atoms with Gasteiger partial charge in [0.15, 0.2) is 0 Å². The Hall–Kier alpha value is -0.654. The summed E-state index contributed by atoms with van der Waals surface area (Å²) in [6, 6.07) is 0. The van der Waals surface area contributed by atoms with Crippen LogP contribution in [0.25, 0.3) is 33.8 Å². The van der Waals surface area contributed by atoms with Crippen LogP contribution in [0.4, 0.5) is 0 Å². The molecule has 0 rings (SSSR count). The van der Waals surface area contributed by atoms with Gasteiger partial charge in [0.1, 0.15) is 0 Å². The molecule has 0 unspecified atom stereocenters. The molecule has 12 heteroatoms. The number of isothiocyanates is 2. The zero-order valence-electron chi connectivity index (χ0n) is 9.14. The predicted molar refractivity (Wildman–Crippen MR) is 77.8 cm³/mol. The van der Waals surface area contributed by atoms with Gasteiger partial charge in [0.05, 0.1) is 0 Å². The zero-order chi connectivity index (χ0) is 14.9. The second-order valence-electron chi connectivity index (χ2n) is 1.26. The molecule has 18 heavy (non-hydrogen) atoms. The van der Waals surface area contributed by atoms with E-state index in [4.69, 9.17) is 43.9 Å². The van der Waals surface area contributed by atoms with E-state index in [1.54, 1.807) is 0 Å². The summed E-state index contributed by atoms with van der Waals surface area (Å²) in [6.45, 7) is 0.944. The molecule has 0 fully saturated rings. The van der Waals surface area contributed by atoms with Crippen molar-refractivity contribution >= 4 is 34.8 Å². The van der Waals surface area contributed by atoms with Crippen LogP contribution in [0.3, 0.4) is 0 Å². The third-order valence-electron chi connectivity index (χ3n) is 0.250. The number of rotatable bonds is 2. The normalized spacial score (nSPS) is 4.89. The minimum absolute atomic E-state index is 0. The summed E-state index contributed by atoms with van der Waals surface area (Å²) >= 11 is 7.40. The molecule has 0 aliphatic rings. The van der Waals surface area contributed by atoms with Gasteiger partial charge in [-0.25, -0.2) is 0 Å². The van der Waals surface area contributed by atoms with Gasteiger partial charge >= 0.3 is 16.8 Å². The second kappa shape index (κ2) is 95.6. The molecule has 1 radical (unpaired) electrons. The Kier molecular flexibility index (Phi) is 191. The molecule has 0 saturated heterocycles. The van der Waals surface area contributed by atoms with Crippen molar-refractivity contribution in [2.75, 3.05) is 26.2 Å². The molecule has 0 atom stereocenters. The Labute approximate surface area is 127 Å². The van der Waals surface area contributed by atoms with Crippen molar-refractivity contribution in [2.24, 2.45) is 5.34 Å². The van der Waals surface area contributed by atoms with Crippen molar-refractivity contribution in [3.05, 3.63) is 43.9 Å². The predicted octanol–water partition coefficient (Wildman–Crippen LogP) is 3.75. The molecule has 4 N–H and O–H groups in total. The zero-order valence-corrected chi connectivity index (χ0v) is 11.8. The molecule has 0 bridgehead atoms. The van der Waals surface area contributed by atoms with Crippen LogP contribution in [-0.2, 0) is 16.8 Å². The van der Waals surface area contributed by atoms with Crippen LogP contribution in [0.15, 0.2) is 5.34 Å². The molecule has 0 aromatic carbocycles. The number of hydrogen-bond donors (Lipinski definition) is 0. The summed E-state index contributed by atoms with van der Waals surface area (Å²) in [5, 5.41) is 25.9. The maximum atomic E-state index is 8.00. The van der Waals surface area contributed by atoms with Gasteiger partial charge in [0, 0.05) is 0 Å². The molecule has 109 valence electrons. The Bertz CT molecular complexity index is 155. The van der Waals surface area contributed by atoms with E-state index in [9.17, 15) is 0 Å². The first-order valence-corrected chi connectivity index (χ1v) is 4.45. The third-order valence-corrected chi connectivity index (χ3v) is 0.250. The number of nitrogens with zero attached hydrogens (tertiary/aromatic N) is 3. The van der Waals surface area contributed by atoms with Crippen LogP contribution < -0.4 is 0 Å². The van der Waals surface area contributed by atoms with Gasteiger partial charge in [0.25, 0.3) is 0 Å². The van der Waals surface area contributed by atoms with Crippen LogP contribution in [0.2, 0.25) is 0 Å². The Morgan fingerprint density at radius 1 is 0.944 bits per heavy atom. The van der Waals surface area contributed by atoms with E-state index in [2.05, 4.69) is 24.4 Å². The molecular formula is C6H12CoN7O2S2-5. The Morgan fingerprint density at radius 2 is 1.00 bits per heavy atom. The molecule has 0 aromatic rings. The molecule has 9 nitrogen and oxygen atoms in total. The molecule has 0 aliphatic heterocycles. The van der Waals surface area contributed by atoms with Gasteiger partial charge in [-0.1, -0.05) is 24.4 Å². The van der Waals surface area contributed by atoms with Crippen LogP contribution in [0.5, 0.6) is 0 Å². The van der Waals surface area contributed by atoms with Gasteiger partial charge in [-0.15, -0.1) is 5.34 Å². The fraction of sp³-hybridized carbons (Fsp3) is 0.667. The fourth-order valence-electron chi connectivity index (χ4n) is 0. The van der Waals surface area contributed by atoms with Gasteiger partial charge < -0.3 is 43.9 Å². The van der Waals surface area contributed by atoms with Crippen molar-refractivity contribution in [1.82, 2.24) is 0 Å². The summed E-state index contributed by atoms with van der Waals surface area (Å²) in [7, 11) is 0. The van der Waals surface area contributed by atoms with E-state index >= 15 is 0 Å². The van der Waals surface area contributed by atoms with Crippen molar-refractivity contribution in [3.63, 3.8) is 0 Å². The number of thiocarbonyl (C=S) groups is 2. The first kappa shape index (κ1) is 36.0. The van der Waals surface area contributed by atoms with E-state index < -0.39 is 0 Å². The van der Waals surface area contributed by atoms with E-state index in [1.165, 1.54) is 10.3 Å². The minimum Gasteiger partial charge on any atom is -0.753 e. The second-order valence-corrected chi connectivity index (χ2v) is 1.62. The van der Waals surface area contributed by atoms with Crippen molar-refractivity contribution in [3.8, 4) is 0 Å². The molecule has 0 amide bonds. The van der Waals surface area contributed by atoms with Crippen LogP contribution in [0.1, 0.15) is 0 Å². The monoisotopic (exact) mass is 337 g/mol. The summed E-state index contributed by atoms with van der Waals surface area (Å²) < 4.78 is 0. The van der Waals surface area contributed by atoms with Crippen LogP contribution in [0, 0.1) is 10.1 Å². The molecule has 0 heterocycles. The van der Waals surface area contributed by atoms with E-state index in [-0.39, 0.29) is 43.0 Å². The standard InChI is InChI=1S/2C2H6N2.2CNS.Co.HNO2/c2*3-1-2-4;2*2-1-3;;2-1-3/h2*3-4H,1-2H2;;;;(H,2,3)/q2*-2;2*-1;+2;/p-1. The largest absolute Gasteiger partial charge is 2.00 e. The van der Waals surface area contributed by atoms with Gasteiger partial charge in [0.2, 0.25) is 0 Å². The molecule has 0 spiro atoms. The molecular weight excluding hydrogens is 325 g/mol.